The van der Waals surface area contributed by atoms with Crippen LogP contribution in [-0.2, 0) is 9.47 Å². The third-order valence-electron chi connectivity index (χ3n) is 3.58. The number of rotatable bonds is 4. The average molecular weight is 425 g/mol. The molecule has 0 atom stereocenters. The third-order valence-corrected chi connectivity index (χ3v) is 3.88. The van der Waals surface area contributed by atoms with Gasteiger partial charge in [-0.2, -0.15) is 0 Å². The van der Waals surface area contributed by atoms with E-state index in [-0.39, 0.29) is 21.8 Å². The van der Waals surface area contributed by atoms with Gasteiger partial charge in [-0.3, -0.25) is 5.32 Å². The summed E-state index contributed by atoms with van der Waals surface area (Å²) in [5.41, 5.74) is -2.08. The fourth-order valence-corrected chi connectivity index (χ4v) is 2.51. The first-order valence-electron chi connectivity index (χ1n) is 8.38. The fourth-order valence-electron chi connectivity index (χ4n) is 2.39. The zero-order valence-electron chi connectivity index (χ0n) is 16.2. The number of ether oxygens (including phenoxy) is 2. The minimum absolute atomic E-state index is 0.00240. The molecule has 1 aromatic carbocycles. The highest BCUT2D eigenvalue weighted by Crippen LogP contribution is 2.33. The topological polar surface area (TPSA) is 77.5 Å². The lowest BCUT2D eigenvalue weighted by Crippen LogP contribution is -2.28. The van der Waals surface area contributed by atoms with Crippen LogP contribution in [0.1, 0.15) is 36.8 Å². The molecule has 6 nitrogen and oxygen atoms in total. The van der Waals surface area contributed by atoms with Gasteiger partial charge in [0, 0.05) is 11.1 Å². The van der Waals surface area contributed by atoms with Gasteiger partial charge in [-0.15, -0.1) is 0 Å². The first-order valence-corrected chi connectivity index (χ1v) is 8.76. The van der Waals surface area contributed by atoms with Gasteiger partial charge in [0.2, 0.25) is 0 Å². The van der Waals surface area contributed by atoms with Crippen LogP contribution in [0, 0.1) is 11.6 Å². The molecule has 1 aromatic heterocycles. The number of nitrogens with one attached hydrogen (secondary N) is 1. The molecule has 29 heavy (non-hydrogen) atoms. The molecule has 0 unspecified atom stereocenters. The zero-order valence-corrected chi connectivity index (χ0v) is 17.0. The Labute approximate surface area is 171 Å². The monoisotopic (exact) mass is 424 g/mol. The van der Waals surface area contributed by atoms with E-state index >= 15 is 4.39 Å². The lowest BCUT2D eigenvalue weighted by molar-refractivity contribution is 0.0589. The van der Waals surface area contributed by atoms with E-state index in [1.54, 1.807) is 20.8 Å². The van der Waals surface area contributed by atoms with E-state index in [2.05, 4.69) is 21.6 Å². The maximum atomic E-state index is 15.3. The van der Waals surface area contributed by atoms with E-state index in [0.29, 0.717) is 0 Å². The Morgan fingerprint density at radius 2 is 1.93 bits per heavy atom. The van der Waals surface area contributed by atoms with E-state index in [9.17, 15) is 14.0 Å². The highest BCUT2D eigenvalue weighted by molar-refractivity contribution is 6.30. The standard InChI is InChI=1S/C20H19ClF2N2O4/c1-6-11-16(25-19(27)29-20(2,3)4)14(23)15(24-17(11)18(26)28-5)10-7-8-12(21)13(22)9-10/h6-9H,1H2,2-5H3,(H,24,25,27). The predicted molar refractivity (Wildman–Crippen MR) is 106 cm³/mol. The predicted octanol–water partition coefficient (Wildman–Crippen LogP) is 5.46. The summed E-state index contributed by atoms with van der Waals surface area (Å²) >= 11 is 5.67. The van der Waals surface area contributed by atoms with E-state index in [1.165, 1.54) is 12.1 Å². The summed E-state index contributed by atoms with van der Waals surface area (Å²) < 4.78 is 39.0. The molecule has 1 heterocycles. The lowest BCUT2D eigenvalue weighted by Gasteiger charge is -2.21. The average Bonchev–Trinajstić information content (AvgIpc) is 2.63. The first-order chi connectivity index (χ1) is 13.5. The van der Waals surface area contributed by atoms with Gasteiger partial charge >= 0.3 is 12.1 Å². The number of carbonyl (C=O) groups excluding carboxylic acids is 2. The molecule has 0 fully saturated rings. The van der Waals surface area contributed by atoms with E-state index in [0.717, 1.165) is 19.3 Å². The van der Waals surface area contributed by atoms with Crippen LogP contribution >= 0.6 is 11.6 Å². The second kappa shape index (κ2) is 8.57. The van der Waals surface area contributed by atoms with Gasteiger partial charge in [0.05, 0.1) is 17.8 Å². The van der Waals surface area contributed by atoms with Crippen molar-refractivity contribution < 1.29 is 27.8 Å². The van der Waals surface area contributed by atoms with Crippen molar-refractivity contribution in [3.05, 3.63) is 52.7 Å². The minimum Gasteiger partial charge on any atom is -0.464 e. The molecule has 0 aliphatic carbocycles. The molecule has 1 amide bonds. The van der Waals surface area contributed by atoms with Crippen molar-refractivity contribution in [3.8, 4) is 11.3 Å². The number of amides is 1. The van der Waals surface area contributed by atoms with Gasteiger partial charge in [0.15, 0.2) is 11.5 Å². The summed E-state index contributed by atoms with van der Waals surface area (Å²) in [7, 11) is 1.11. The quantitative estimate of drug-likeness (QED) is 0.660. The molecule has 2 rings (SSSR count). The number of hydrogen-bond acceptors (Lipinski definition) is 5. The number of carbonyl (C=O) groups is 2. The van der Waals surface area contributed by atoms with Crippen molar-refractivity contribution in [1.29, 1.82) is 0 Å². The Hall–Kier alpha value is -3.00. The van der Waals surface area contributed by atoms with E-state index in [1.807, 2.05) is 0 Å². The molecule has 0 aliphatic heterocycles. The number of nitrogens with zero attached hydrogens (tertiary/aromatic N) is 1. The molecular formula is C20H19ClF2N2O4. The van der Waals surface area contributed by atoms with Gasteiger partial charge in [-0.1, -0.05) is 30.3 Å². The molecule has 0 bridgehead atoms. The van der Waals surface area contributed by atoms with Crippen LogP contribution in [0.2, 0.25) is 5.02 Å². The Balaban J connectivity index is 2.72. The van der Waals surface area contributed by atoms with Crippen molar-refractivity contribution in [2.24, 2.45) is 0 Å². The van der Waals surface area contributed by atoms with Crippen LogP contribution in [0.4, 0.5) is 19.3 Å². The van der Waals surface area contributed by atoms with E-state index in [4.69, 9.17) is 16.3 Å². The van der Waals surface area contributed by atoms with Crippen molar-refractivity contribution in [2.45, 2.75) is 26.4 Å². The van der Waals surface area contributed by atoms with Crippen molar-refractivity contribution in [3.63, 3.8) is 0 Å². The van der Waals surface area contributed by atoms with Gasteiger partial charge in [-0.05, 0) is 32.9 Å². The van der Waals surface area contributed by atoms with Crippen molar-refractivity contribution >= 4 is 35.4 Å². The number of pyridine rings is 1. The van der Waals surface area contributed by atoms with Gasteiger partial charge < -0.3 is 9.47 Å². The molecule has 0 radical (unpaired) electrons. The Kier molecular flexibility index (Phi) is 6.58. The first kappa shape index (κ1) is 22.3. The fraction of sp³-hybridized carbons (Fsp3) is 0.250. The van der Waals surface area contributed by atoms with Crippen LogP contribution in [0.15, 0.2) is 24.8 Å². The molecule has 0 saturated carbocycles. The van der Waals surface area contributed by atoms with Crippen molar-refractivity contribution in [1.82, 2.24) is 4.98 Å². The number of halogens is 3. The number of benzene rings is 1. The summed E-state index contributed by atoms with van der Waals surface area (Å²) in [6.45, 7) is 8.43. The molecule has 9 heteroatoms. The molecular weight excluding hydrogens is 406 g/mol. The molecule has 0 spiro atoms. The second-order valence-electron chi connectivity index (χ2n) is 6.86. The third kappa shape index (κ3) is 5.08. The number of hydrogen-bond donors (Lipinski definition) is 1. The number of esters is 1. The summed E-state index contributed by atoms with van der Waals surface area (Å²) in [5.74, 6) is -2.72. The Morgan fingerprint density at radius 3 is 2.45 bits per heavy atom. The highest BCUT2D eigenvalue weighted by atomic mass is 35.5. The maximum absolute atomic E-state index is 15.3. The minimum atomic E-state index is -1.01. The lowest BCUT2D eigenvalue weighted by atomic mass is 10.0. The number of aromatic nitrogens is 1. The number of anilines is 1. The largest absolute Gasteiger partial charge is 0.464 e. The van der Waals surface area contributed by atoms with Crippen LogP contribution in [0.3, 0.4) is 0 Å². The summed E-state index contributed by atoms with van der Waals surface area (Å²) in [6.07, 6.45) is 0.177. The van der Waals surface area contributed by atoms with Gasteiger partial charge in [0.1, 0.15) is 17.1 Å². The molecule has 0 aliphatic rings. The van der Waals surface area contributed by atoms with Gasteiger partial charge in [-0.25, -0.2) is 23.4 Å². The second-order valence-corrected chi connectivity index (χ2v) is 7.27. The Bertz CT molecular complexity index is 987. The SMILES string of the molecule is C=Cc1c(C(=O)OC)nc(-c2ccc(Cl)c(F)c2)c(F)c1NC(=O)OC(C)(C)C. The summed E-state index contributed by atoms with van der Waals surface area (Å²) in [6, 6.07) is 3.50. The maximum Gasteiger partial charge on any atom is 0.412 e. The summed E-state index contributed by atoms with van der Waals surface area (Å²) in [4.78, 5) is 28.4. The van der Waals surface area contributed by atoms with Crippen LogP contribution in [0.25, 0.3) is 17.3 Å². The normalized spacial score (nSPS) is 11.0. The molecule has 2 aromatic rings. The molecule has 0 saturated heterocycles. The van der Waals surface area contributed by atoms with E-state index < -0.39 is 40.7 Å². The zero-order chi connectivity index (χ0) is 21.9. The van der Waals surface area contributed by atoms with Crippen LogP contribution in [-0.4, -0.2) is 29.8 Å². The summed E-state index contributed by atoms with van der Waals surface area (Å²) in [5, 5.41) is 2.10. The molecule has 154 valence electrons. The van der Waals surface area contributed by atoms with Crippen LogP contribution < -0.4 is 5.32 Å². The highest BCUT2D eigenvalue weighted by Gasteiger charge is 2.27. The van der Waals surface area contributed by atoms with Crippen LogP contribution in [0.5, 0.6) is 0 Å². The Morgan fingerprint density at radius 1 is 1.28 bits per heavy atom. The number of methoxy groups -OCH3 is 1. The van der Waals surface area contributed by atoms with Crippen molar-refractivity contribution in [2.75, 3.05) is 12.4 Å². The molecule has 1 N–H and O–H groups in total. The van der Waals surface area contributed by atoms with Gasteiger partial charge in [0.25, 0.3) is 0 Å². The smallest absolute Gasteiger partial charge is 0.412 e.